The van der Waals surface area contributed by atoms with E-state index in [1.807, 2.05) is 37.3 Å². The molecule has 0 unspecified atom stereocenters. The van der Waals surface area contributed by atoms with Crippen molar-refractivity contribution in [2.24, 2.45) is 0 Å². The molecule has 14 heavy (non-hydrogen) atoms. The number of rotatable bonds is 5. The minimum absolute atomic E-state index is 0.144. The van der Waals surface area contributed by atoms with E-state index in [1.54, 1.807) is 0 Å². The molecule has 0 saturated carbocycles. The smallest absolute Gasteiger partial charge is 0.0895 e. The van der Waals surface area contributed by atoms with Crippen LogP contribution >= 0.6 is 15.9 Å². The lowest BCUT2D eigenvalue weighted by Gasteiger charge is -2.17. The zero-order chi connectivity index (χ0) is 10.4. The van der Waals surface area contributed by atoms with Crippen molar-refractivity contribution in [3.8, 4) is 0 Å². The molecule has 0 amide bonds. The first-order valence-corrected chi connectivity index (χ1v) is 5.75. The van der Waals surface area contributed by atoms with Crippen molar-refractivity contribution in [1.82, 2.24) is 0 Å². The highest BCUT2D eigenvalue weighted by molar-refractivity contribution is 9.09. The molecule has 0 bridgehead atoms. The Labute approximate surface area is 93.0 Å². The van der Waals surface area contributed by atoms with Gasteiger partial charge in [-0.15, -0.1) is 0 Å². The fraction of sp³-hybridized carbons (Fsp3) is 0.455. The van der Waals surface area contributed by atoms with Crippen LogP contribution in [-0.2, 0) is 11.3 Å². The van der Waals surface area contributed by atoms with E-state index in [4.69, 9.17) is 4.74 Å². The van der Waals surface area contributed by atoms with Crippen LogP contribution in [0.5, 0.6) is 0 Å². The van der Waals surface area contributed by atoms with Crippen LogP contribution in [0.2, 0.25) is 0 Å². The van der Waals surface area contributed by atoms with Gasteiger partial charge in [-0.05, 0) is 12.5 Å². The van der Waals surface area contributed by atoms with Crippen LogP contribution in [0.25, 0.3) is 0 Å². The molecule has 0 fully saturated rings. The van der Waals surface area contributed by atoms with Gasteiger partial charge in [0.25, 0.3) is 0 Å². The van der Waals surface area contributed by atoms with E-state index in [-0.39, 0.29) is 6.10 Å². The average Bonchev–Trinajstić information content (AvgIpc) is 2.26. The number of hydrogen-bond acceptors (Lipinski definition) is 2. The largest absolute Gasteiger partial charge is 0.390 e. The summed E-state index contributed by atoms with van der Waals surface area (Å²) in [7, 11) is 0. The van der Waals surface area contributed by atoms with Crippen molar-refractivity contribution in [3.05, 3.63) is 35.9 Å². The fourth-order valence-electron chi connectivity index (χ4n) is 1.04. The van der Waals surface area contributed by atoms with Gasteiger partial charge in [-0.25, -0.2) is 0 Å². The number of halogens is 1. The Kier molecular flexibility index (Phi) is 5.15. The molecule has 1 N–H and O–H groups in total. The van der Waals surface area contributed by atoms with E-state index >= 15 is 0 Å². The Balaban J connectivity index is 2.34. The van der Waals surface area contributed by atoms with Crippen molar-refractivity contribution >= 4 is 15.9 Å². The van der Waals surface area contributed by atoms with Crippen LogP contribution in [0.3, 0.4) is 0 Å². The summed E-state index contributed by atoms with van der Waals surface area (Å²) < 4.78 is 5.50. The van der Waals surface area contributed by atoms with Gasteiger partial charge in [0.15, 0.2) is 0 Å². The summed E-state index contributed by atoms with van der Waals surface area (Å²) in [4.78, 5) is 0. The minimum Gasteiger partial charge on any atom is -0.390 e. The minimum atomic E-state index is -0.446. The zero-order valence-corrected chi connectivity index (χ0v) is 9.78. The third kappa shape index (κ3) is 3.78. The molecule has 0 aliphatic rings. The van der Waals surface area contributed by atoms with Gasteiger partial charge in [0, 0.05) is 5.33 Å². The molecule has 2 nitrogen and oxygen atoms in total. The molecule has 0 aliphatic carbocycles. The number of aliphatic hydroxyl groups excluding tert-OH is 1. The van der Waals surface area contributed by atoms with Gasteiger partial charge >= 0.3 is 0 Å². The number of ether oxygens (including phenoxy) is 1. The molecule has 1 aromatic carbocycles. The summed E-state index contributed by atoms with van der Waals surface area (Å²) in [6.07, 6.45) is -0.590. The molecule has 1 rings (SSSR count). The SMILES string of the molecule is C[C@H](OCc1ccccc1)[C@H](O)CBr. The van der Waals surface area contributed by atoms with Gasteiger partial charge in [-0.1, -0.05) is 46.3 Å². The summed E-state index contributed by atoms with van der Waals surface area (Å²) in [6, 6.07) is 9.94. The third-order valence-electron chi connectivity index (χ3n) is 2.06. The second-order valence-corrected chi connectivity index (χ2v) is 3.87. The lowest BCUT2D eigenvalue weighted by molar-refractivity contribution is -0.0244. The first-order chi connectivity index (χ1) is 6.74. The van der Waals surface area contributed by atoms with Crippen LogP contribution in [0.15, 0.2) is 30.3 Å². The van der Waals surface area contributed by atoms with E-state index in [2.05, 4.69) is 15.9 Å². The van der Waals surface area contributed by atoms with Gasteiger partial charge in [-0.3, -0.25) is 0 Å². The number of alkyl halides is 1. The molecule has 0 aromatic heterocycles. The molecular weight excluding hydrogens is 244 g/mol. The van der Waals surface area contributed by atoms with Crippen LogP contribution in [0.4, 0.5) is 0 Å². The van der Waals surface area contributed by atoms with Gasteiger partial charge < -0.3 is 9.84 Å². The molecule has 0 saturated heterocycles. The highest BCUT2D eigenvalue weighted by Gasteiger charge is 2.12. The standard InChI is InChI=1S/C11H15BrO2/c1-9(11(13)7-12)14-8-10-5-3-2-4-6-10/h2-6,9,11,13H,7-8H2,1H3/t9-,11+/m0/s1. The van der Waals surface area contributed by atoms with E-state index in [0.29, 0.717) is 11.9 Å². The fourth-order valence-corrected chi connectivity index (χ4v) is 1.56. The monoisotopic (exact) mass is 258 g/mol. The van der Waals surface area contributed by atoms with E-state index in [9.17, 15) is 5.11 Å². The summed E-state index contributed by atoms with van der Waals surface area (Å²) in [5.41, 5.74) is 1.13. The first-order valence-electron chi connectivity index (χ1n) is 4.63. The number of benzene rings is 1. The zero-order valence-electron chi connectivity index (χ0n) is 8.19. The molecule has 0 spiro atoms. The topological polar surface area (TPSA) is 29.5 Å². The summed E-state index contributed by atoms with van der Waals surface area (Å²) >= 11 is 3.21. The highest BCUT2D eigenvalue weighted by Crippen LogP contribution is 2.07. The Morgan fingerprint density at radius 2 is 2.00 bits per heavy atom. The summed E-state index contributed by atoms with van der Waals surface area (Å²) in [5, 5.41) is 9.98. The Hall–Kier alpha value is -0.380. The summed E-state index contributed by atoms with van der Waals surface area (Å²) in [6.45, 7) is 2.42. The Bertz CT molecular complexity index is 251. The molecular formula is C11H15BrO2. The second kappa shape index (κ2) is 6.17. The number of hydrogen-bond donors (Lipinski definition) is 1. The van der Waals surface area contributed by atoms with Crippen molar-refractivity contribution < 1.29 is 9.84 Å². The van der Waals surface area contributed by atoms with Gasteiger partial charge in [0.05, 0.1) is 18.8 Å². The molecule has 78 valence electrons. The molecule has 0 radical (unpaired) electrons. The Morgan fingerprint density at radius 3 is 2.57 bits per heavy atom. The molecule has 2 atom stereocenters. The van der Waals surface area contributed by atoms with E-state index in [1.165, 1.54) is 0 Å². The van der Waals surface area contributed by atoms with Crippen molar-refractivity contribution in [3.63, 3.8) is 0 Å². The van der Waals surface area contributed by atoms with Crippen LogP contribution in [0, 0.1) is 0 Å². The maximum absolute atomic E-state index is 9.43. The maximum Gasteiger partial charge on any atom is 0.0895 e. The van der Waals surface area contributed by atoms with Crippen LogP contribution in [0.1, 0.15) is 12.5 Å². The predicted octanol–water partition coefficient (Wildman–Crippen LogP) is 2.35. The lowest BCUT2D eigenvalue weighted by Crippen LogP contribution is -2.27. The lowest BCUT2D eigenvalue weighted by atomic mass is 10.2. The maximum atomic E-state index is 9.43. The normalized spacial score (nSPS) is 15.1. The van der Waals surface area contributed by atoms with Crippen LogP contribution < -0.4 is 0 Å². The molecule has 3 heteroatoms. The predicted molar refractivity (Wildman–Crippen MR) is 60.5 cm³/mol. The quantitative estimate of drug-likeness (QED) is 0.822. The van der Waals surface area contributed by atoms with Crippen molar-refractivity contribution in [2.45, 2.75) is 25.7 Å². The average molecular weight is 259 g/mol. The third-order valence-corrected chi connectivity index (χ3v) is 2.72. The molecule has 0 heterocycles. The van der Waals surface area contributed by atoms with E-state index in [0.717, 1.165) is 5.56 Å². The van der Waals surface area contributed by atoms with Gasteiger partial charge in [-0.2, -0.15) is 0 Å². The van der Waals surface area contributed by atoms with Gasteiger partial charge in [0.2, 0.25) is 0 Å². The summed E-state index contributed by atoms with van der Waals surface area (Å²) in [5.74, 6) is 0. The molecule has 1 aromatic rings. The highest BCUT2D eigenvalue weighted by atomic mass is 79.9. The Morgan fingerprint density at radius 1 is 1.36 bits per heavy atom. The van der Waals surface area contributed by atoms with Gasteiger partial charge in [0.1, 0.15) is 0 Å². The second-order valence-electron chi connectivity index (χ2n) is 3.22. The van der Waals surface area contributed by atoms with Crippen molar-refractivity contribution in [1.29, 1.82) is 0 Å². The van der Waals surface area contributed by atoms with Crippen LogP contribution in [-0.4, -0.2) is 22.6 Å². The number of aliphatic hydroxyl groups is 1. The molecule has 0 aliphatic heterocycles. The first kappa shape index (κ1) is 11.7. The van der Waals surface area contributed by atoms with Crippen molar-refractivity contribution in [2.75, 3.05) is 5.33 Å². The van der Waals surface area contributed by atoms with E-state index < -0.39 is 6.10 Å².